The molecular weight excluding hydrogens is 354 g/mol. The lowest BCUT2D eigenvalue weighted by molar-refractivity contribution is -0.129. The van der Waals surface area contributed by atoms with Gasteiger partial charge in [0.1, 0.15) is 0 Å². The topological polar surface area (TPSA) is 54.5 Å². The fraction of sp³-hybridized carbons (Fsp3) is 0.421. The zero-order valence-corrected chi connectivity index (χ0v) is 16.0. The Morgan fingerprint density at radius 2 is 1.96 bits per heavy atom. The van der Waals surface area contributed by atoms with Crippen molar-refractivity contribution >= 4 is 38.3 Å². The van der Waals surface area contributed by atoms with E-state index in [1.807, 2.05) is 25.1 Å². The summed E-state index contributed by atoms with van der Waals surface area (Å²) in [6.45, 7) is 2.48. The van der Waals surface area contributed by atoms with Crippen LogP contribution >= 0.6 is 11.8 Å². The number of thioether (sulfide) groups is 1. The first-order chi connectivity index (χ1) is 12.0. The zero-order chi connectivity index (χ0) is 17.9. The summed E-state index contributed by atoms with van der Waals surface area (Å²) < 4.78 is 23.3. The van der Waals surface area contributed by atoms with Gasteiger partial charge in [-0.05, 0) is 29.7 Å². The lowest BCUT2D eigenvalue weighted by Gasteiger charge is -2.26. The van der Waals surface area contributed by atoms with Crippen molar-refractivity contribution in [3.63, 3.8) is 0 Å². The monoisotopic (exact) mass is 377 g/mol. The van der Waals surface area contributed by atoms with Crippen molar-refractivity contribution in [2.75, 3.05) is 23.8 Å². The molecule has 6 heteroatoms. The lowest BCUT2D eigenvalue weighted by Crippen LogP contribution is -2.41. The van der Waals surface area contributed by atoms with Crippen LogP contribution < -0.4 is 0 Å². The smallest absolute Gasteiger partial charge is 0.232 e. The first-order valence-corrected chi connectivity index (χ1v) is 11.5. The van der Waals surface area contributed by atoms with E-state index in [-0.39, 0.29) is 23.5 Å². The second-order valence-corrected chi connectivity index (χ2v) is 9.58. The lowest BCUT2D eigenvalue weighted by atomic mass is 10.1. The van der Waals surface area contributed by atoms with Crippen molar-refractivity contribution in [1.82, 2.24) is 4.90 Å². The van der Waals surface area contributed by atoms with Crippen LogP contribution in [0, 0.1) is 0 Å². The van der Waals surface area contributed by atoms with Crippen LogP contribution in [0.5, 0.6) is 0 Å². The summed E-state index contributed by atoms with van der Waals surface area (Å²) in [6, 6.07) is 14.3. The van der Waals surface area contributed by atoms with E-state index in [9.17, 15) is 13.2 Å². The highest BCUT2D eigenvalue weighted by Crippen LogP contribution is 2.24. The molecule has 1 aliphatic rings. The summed E-state index contributed by atoms with van der Waals surface area (Å²) in [7, 11) is -2.97. The summed E-state index contributed by atoms with van der Waals surface area (Å²) in [6.07, 6.45) is 0.565. The van der Waals surface area contributed by atoms with Crippen LogP contribution in [0.25, 0.3) is 10.8 Å². The predicted octanol–water partition coefficient (Wildman–Crippen LogP) is 3.11. The van der Waals surface area contributed by atoms with Gasteiger partial charge in [-0.1, -0.05) is 42.5 Å². The number of carbonyl (C=O) groups excluding carboxylic acids is 1. The van der Waals surface area contributed by atoms with Gasteiger partial charge in [0.15, 0.2) is 9.84 Å². The molecule has 0 bridgehead atoms. The Morgan fingerprint density at radius 3 is 2.68 bits per heavy atom. The van der Waals surface area contributed by atoms with E-state index >= 15 is 0 Å². The highest BCUT2D eigenvalue weighted by atomic mass is 32.2. The number of hydrogen-bond donors (Lipinski definition) is 0. The molecule has 1 aliphatic heterocycles. The maximum absolute atomic E-state index is 12.5. The maximum atomic E-state index is 12.5. The van der Waals surface area contributed by atoms with Gasteiger partial charge in [-0.2, -0.15) is 0 Å². The van der Waals surface area contributed by atoms with Crippen molar-refractivity contribution in [3.05, 3.63) is 48.0 Å². The van der Waals surface area contributed by atoms with E-state index in [0.717, 1.165) is 5.75 Å². The maximum Gasteiger partial charge on any atom is 0.232 e. The number of fused-ring (bicyclic) bond motifs is 1. The molecule has 4 nitrogen and oxygen atoms in total. The van der Waals surface area contributed by atoms with E-state index in [0.29, 0.717) is 18.7 Å². The minimum atomic E-state index is -2.97. The standard InChI is InChI=1S/C19H23NO3S2/c1-2-20(17-10-11-25(22,23)14-17)19(21)13-24-12-16-8-5-7-15-6-3-4-9-18(15)16/h3-9,17H,2,10-14H2,1H3. The van der Waals surface area contributed by atoms with Crippen molar-refractivity contribution in [1.29, 1.82) is 0 Å². The van der Waals surface area contributed by atoms with Gasteiger partial charge < -0.3 is 4.90 Å². The number of rotatable bonds is 6. The largest absolute Gasteiger partial charge is 0.338 e. The molecule has 134 valence electrons. The highest BCUT2D eigenvalue weighted by molar-refractivity contribution is 7.99. The van der Waals surface area contributed by atoms with Gasteiger partial charge in [0.2, 0.25) is 5.91 Å². The van der Waals surface area contributed by atoms with Crippen molar-refractivity contribution in [2.24, 2.45) is 0 Å². The fourth-order valence-electron chi connectivity index (χ4n) is 3.41. The zero-order valence-electron chi connectivity index (χ0n) is 14.3. The predicted molar refractivity (Wildman–Crippen MR) is 105 cm³/mol. The number of amides is 1. The van der Waals surface area contributed by atoms with Crippen LogP contribution in [-0.2, 0) is 20.4 Å². The van der Waals surface area contributed by atoms with E-state index in [1.54, 1.807) is 16.7 Å². The molecule has 1 heterocycles. The van der Waals surface area contributed by atoms with E-state index in [4.69, 9.17) is 0 Å². The minimum absolute atomic E-state index is 0.0369. The van der Waals surface area contributed by atoms with Gasteiger partial charge in [0, 0.05) is 18.3 Å². The van der Waals surface area contributed by atoms with E-state index in [1.165, 1.54) is 16.3 Å². The Hall–Kier alpha value is -1.53. The summed E-state index contributed by atoms with van der Waals surface area (Å²) in [5, 5.41) is 2.43. The number of nitrogens with zero attached hydrogens (tertiary/aromatic N) is 1. The number of carbonyl (C=O) groups is 1. The molecule has 0 aliphatic carbocycles. The molecule has 0 saturated carbocycles. The summed E-state index contributed by atoms with van der Waals surface area (Å²) >= 11 is 1.59. The van der Waals surface area contributed by atoms with Crippen LogP contribution in [0.4, 0.5) is 0 Å². The highest BCUT2D eigenvalue weighted by Gasteiger charge is 2.33. The molecule has 1 unspecified atom stereocenters. The molecule has 1 fully saturated rings. The Bertz CT molecular complexity index is 859. The molecule has 3 rings (SSSR count). The first kappa shape index (κ1) is 18.3. The van der Waals surface area contributed by atoms with Gasteiger partial charge in [-0.25, -0.2) is 8.42 Å². The third kappa shape index (κ3) is 4.36. The van der Waals surface area contributed by atoms with Gasteiger partial charge in [-0.15, -0.1) is 11.8 Å². The van der Waals surface area contributed by atoms with Crippen molar-refractivity contribution in [2.45, 2.75) is 25.1 Å². The number of hydrogen-bond acceptors (Lipinski definition) is 4. The first-order valence-electron chi connectivity index (χ1n) is 8.54. The Labute approximate surface area is 153 Å². The third-order valence-corrected chi connectivity index (χ3v) is 7.39. The van der Waals surface area contributed by atoms with E-state index in [2.05, 4.69) is 24.3 Å². The summed E-state index contributed by atoms with van der Waals surface area (Å²) in [4.78, 5) is 14.3. The Balaban J connectivity index is 1.60. The molecule has 1 amide bonds. The fourth-order valence-corrected chi connectivity index (χ4v) is 6.05. The van der Waals surface area contributed by atoms with Crippen LogP contribution in [0.1, 0.15) is 18.9 Å². The Kier molecular flexibility index (Phi) is 5.69. The molecule has 0 aromatic heterocycles. The molecule has 2 aromatic carbocycles. The van der Waals surface area contributed by atoms with Crippen LogP contribution in [0.3, 0.4) is 0 Å². The molecule has 0 N–H and O–H groups in total. The molecule has 0 spiro atoms. The van der Waals surface area contributed by atoms with Crippen LogP contribution in [0.15, 0.2) is 42.5 Å². The summed E-state index contributed by atoms with van der Waals surface area (Å²) in [5.41, 5.74) is 1.22. The third-order valence-electron chi connectivity index (χ3n) is 4.67. The molecular formula is C19H23NO3S2. The van der Waals surface area contributed by atoms with Crippen molar-refractivity contribution < 1.29 is 13.2 Å². The van der Waals surface area contributed by atoms with Gasteiger partial charge >= 0.3 is 0 Å². The molecule has 25 heavy (non-hydrogen) atoms. The van der Waals surface area contributed by atoms with Crippen LogP contribution in [0.2, 0.25) is 0 Å². The second-order valence-electron chi connectivity index (χ2n) is 6.37. The summed E-state index contributed by atoms with van der Waals surface area (Å²) in [5.74, 6) is 1.50. The second kappa shape index (κ2) is 7.79. The molecule has 1 saturated heterocycles. The van der Waals surface area contributed by atoms with Gasteiger partial charge in [0.05, 0.1) is 17.3 Å². The van der Waals surface area contributed by atoms with E-state index < -0.39 is 9.84 Å². The van der Waals surface area contributed by atoms with Crippen molar-refractivity contribution in [3.8, 4) is 0 Å². The molecule has 1 atom stereocenters. The quantitative estimate of drug-likeness (QED) is 0.776. The number of sulfone groups is 1. The minimum Gasteiger partial charge on any atom is -0.338 e. The van der Waals surface area contributed by atoms with Gasteiger partial charge in [-0.3, -0.25) is 4.79 Å². The molecule has 0 radical (unpaired) electrons. The number of benzene rings is 2. The SMILES string of the molecule is CCN(C(=O)CSCc1cccc2ccccc12)C1CCS(=O)(=O)C1. The van der Waals surface area contributed by atoms with Crippen LogP contribution in [-0.4, -0.2) is 49.1 Å². The molecule has 2 aromatic rings. The average Bonchev–Trinajstić information content (AvgIpc) is 2.95. The van der Waals surface area contributed by atoms with Gasteiger partial charge in [0.25, 0.3) is 0 Å². The average molecular weight is 378 g/mol. The normalized spacial score (nSPS) is 19.2. The Morgan fingerprint density at radius 1 is 1.20 bits per heavy atom.